The highest BCUT2D eigenvalue weighted by molar-refractivity contribution is 5.74. The largest absolute Gasteiger partial charge is 0.362 e. The van der Waals surface area contributed by atoms with Crippen molar-refractivity contribution in [2.75, 3.05) is 6.61 Å². The van der Waals surface area contributed by atoms with E-state index in [1.54, 1.807) is 0 Å². The highest BCUT2D eigenvalue weighted by Crippen LogP contribution is 2.46. The van der Waals surface area contributed by atoms with E-state index in [2.05, 4.69) is 152 Å². The number of benzene rings is 6. The maximum absolute atomic E-state index is 7.07. The smallest absolute Gasteiger partial charge is 0.143 e. The molecule has 2 heteroatoms. The molecule has 0 bridgehead atoms. The van der Waals surface area contributed by atoms with Gasteiger partial charge in [0.15, 0.2) is 0 Å². The molecule has 0 aliphatic carbocycles. The molecule has 0 spiro atoms. The van der Waals surface area contributed by atoms with Gasteiger partial charge in [0, 0.05) is 0 Å². The Kier molecular flexibility index (Phi) is 7.24. The molecule has 0 aromatic heterocycles. The van der Waals surface area contributed by atoms with Crippen molar-refractivity contribution in [2.24, 2.45) is 0 Å². The molecule has 1 saturated heterocycles. The van der Waals surface area contributed by atoms with E-state index in [4.69, 9.17) is 9.47 Å². The number of epoxide rings is 1. The average Bonchev–Trinajstić information content (AvgIpc) is 3.87. The molecule has 6 aromatic rings. The molecular weight excluding hydrogens is 512 g/mol. The Morgan fingerprint density at radius 1 is 0.452 bits per heavy atom. The van der Waals surface area contributed by atoms with Gasteiger partial charge in [-0.1, -0.05) is 152 Å². The lowest BCUT2D eigenvalue weighted by atomic mass is 9.80. The fourth-order valence-corrected chi connectivity index (χ4v) is 5.95. The molecule has 0 amide bonds. The summed E-state index contributed by atoms with van der Waals surface area (Å²) in [5.41, 5.74) is 8.47. The second kappa shape index (κ2) is 11.6. The maximum Gasteiger partial charge on any atom is 0.143 e. The molecule has 1 aliphatic heterocycles. The number of ether oxygens (including phenoxy) is 2. The van der Waals surface area contributed by atoms with Gasteiger partial charge in [-0.3, -0.25) is 0 Å². The summed E-state index contributed by atoms with van der Waals surface area (Å²) in [6.45, 7) is 0.458. The van der Waals surface area contributed by atoms with E-state index in [0.717, 1.165) is 16.7 Å². The Hall–Kier alpha value is -4.76. The minimum Gasteiger partial charge on any atom is -0.362 e. The molecule has 0 unspecified atom stereocenters. The summed E-state index contributed by atoms with van der Waals surface area (Å²) < 4.78 is 13.4. The summed E-state index contributed by atoms with van der Waals surface area (Å²) in [6, 6.07) is 59.5. The third-order valence-electron chi connectivity index (χ3n) is 8.09. The molecule has 6 aromatic carbocycles. The van der Waals surface area contributed by atoms with Crippen LogP contribution < -0.4 is 0 Å². The lowest BCUT2D eigenvalue weighted by Gasteiger charge is -2.35. The van der Waals surface area contributed by atoms with Gasteiger partial charge in [-0.25, -0.2) is 0 Å². The predicted octanol–water partition coefficient (Wildman–Crippen LogP) is 9.47. The highest BCUT2D eigenvalue weighted by Gasteiger charge is 2.45. The Balaban J connectivity index is 1.23. The van der Waals surface area contributed by atoms with E-state index in [9.17, 15) is 0 Å². The fraction of sp³-hybridized carbons (Fsp3) is 0.100. The molecule has 0 radical (unpaired) electrons. The quantitative estimate of drug-likeness (QED) is 0.134. The van der Waals surface area contributed by atoms with Crippen LogP contribution in [-0.4, -0.2) is 12.7 Å². The minimum absolute atomic E-state index is 0.0313. The average molecular weight is 545 g/mol. The van der Waals surface area contributed by atoms with Crippen LogP contribution in [0.4, 0.5) is 0 Å². The van der Waals surface area contributed by atoms with Crippen LogP contribution in [-0.2, 0) is 15.1 Å². The first-order valence-electron chi connectivity index (χ1n) is 14.5. The van der Waals surface area contributed by atoms with Crippen LogP contribution in [0.1, 0.15) is 28.4 Å². The lowest BCUT2D eigenvalue weighted by Crippen LogP contribution is -2.34. The van der Waals surface area contributed by atoms with E-state index in [1.165, 1.54) is 27.8 Å². The molecule has 1 heterocycles. The van der Waals surface area contributed by atoms with Gasteiger partial charge in [0.25, 0.3) is 0 Å². The summed E-state index contributed by atoms with van der Waals surface area (Å²) in [7, 11) is 0. The van der Waals surface area contributed by atoms with Crippen molar-refractivity contribution in [1.29, 1.82) is 0 Å². The molecule has 2 nitrogen and oxygen atoms in total. The van der Waals surface area contributed by atoms with Crippen LogP contribution in [0.5, 0.6) is 0 Å². The molecule has 0 N–H and O–H groups in total. The zero-order chi connectivity index (χ0) is 28.2. The third-order valence-corrected chi connectivity index (χ3v) is 8.09. The minimum atomic E-state index is -0.763. The van der Waals surface area contributed by atoms with Crippen LogP contribution in [0, 0.1) is 0 Å². The van der Waals surface area contributed by atoms with E-state index < -0.39 is 5.60 Å². The first kappa shape index (κ1) is 26.2. The first-order valence-corrected chi connectivity index (χ1v) is 14.5. The zero-order valence-corrected chi connectivity index (χ0v) is 23.3. The summed E-state index contributed by atoms with van der Waals surface area (Å²) >= 11 is 0. The molecule has 0 saturated carbocycles. The van der Waals surface area contributed by atoms with Gasteiger partial charge in [-0.2, -0.15) is 0 Å². The SMILES string of the molecule is c1ccc(-c2cc(-c3ccccc3)cc([C@@H]3O[C@H]3COC(c3ccccc3)(c3ccccc3)c3ccccc3)c2)cc1. The van der Waals surface area contributed by atoms with Gasteiger partial charge in [0.2, 0.25) is 0 Å². The zero-order valence-electron chi connectivity index (χ0n) is 23.3. The van der Waals surface area contributed by atoms with Crippen LogP contribution >= 0.6 is 0 Å². The second-order valence-electron chi connectivity index (χ2n) is 10.8. The van der Waals surface area contributed by atoms with Gasteiger partial charge in [0.1, 0.15) is 17.8 Å². The van der Waals surface area contributed by atoms with Gasteiger partial charge in [-0.05, 0) is 62.7 Å². The first-order chi connectivity index (χ1) is 20.8. The third kappa shape index (κ3) is 5.19. The van der Waals surface area contributed by atoms with Crippen molar-refractivity contribution in [3.63, 3.8) is 0 Å². The van der Waals surface area contributed by atoms with Crippen molar-refractivity contribution in [2.45, 2.75) is 17.8 Å². The van der Waals surface area contributed by atoms with Crippen molar-refractivity contribution < 1.29 is 9.47 Å². The Labute approximate surface area is 247 Å². The Bertz CT molecular complexity index is 1580. The molecule has 7 rings (SSSR count). The molecule has 204 valence electrons. The molecule has 1 fully saturated rings. The number of hydrogen-bond donors (Lipinski definition) is 0. The summed E-state index contributed by atoms with van der Waals surface area (Å²) in [5, 5.41) is 0. The van der Waals surface area contributed by atoms with Gasteiger partial charge < -0.3 is 9.47 Å². The summed E-state index contributed by atoms with van der Waals surface area (Å²) in [5.74, 6) is 0. The normalized spacial score (nSPS) is 16.2. The predicted molar refractivity (Wildman–Crippen MR) is 170 cm³/mol. The van der Waals surface area contributed by atoms with Crippen LogP contribution in [0.2, 0.25) is 0 Å². The molecule has 42 heavy (non-hydrogen) atoms. The highest BCUT2D eigenvalue weighted by atomic mass is 16.6. The molecular formula is C40H32O2. The van der Waals surface area contributed by atoms with Crippen molar-refractivity contribution in [1.82, 2.24) is 0 Å². The van der Waals surface area contributed by atoms with Crippen LogP contribution in [0.25, 0.3) is 22.3 Å². The molecule has 1 aliphatic rings. The number of hydrogen-bond acceptors (Lipinski definition) is 2. The van der Waals surface area contributed by atoms with E-state index in [-0.39, 0.29) is 12.2 Å². The summed E-state index contributed by atoms with van der Waals surface area (Å²) in [6.07, 6.45) is -0.0775. The van der Waals surface area contributed by atoms with E-state index in [1.807, 2.05) is 18.2 Å². The molecule has 2 atom stereocenters. The standard InChI is InChI=1S/C40H32O2/c1-6-16-30(17-7-1)32-26-33(31-18-8-2-9-19-31)28-34(27-32)39-38(42-39)29-41-40(35-20-10-3-11-21-35,36-22-12-4-13-23-36)37-24-14-5-15-25-37/h1-28,38-39H,29H2/t38-,39-/m0/s1. The second-order valence-corrected chi connectivity index (χ2v) is 10.8. The topological polar surface area (TPSA) is 21.8 Å². The lowest BCUT2D eigenvalue weighted by molar-refractivity contribution is 0.00427. The van der Waals surface area contributed by atoms with Gasteiger partial charge >= 0.3 is 0 Å². The van der Waals surface area contributed by atoms with E-state index >= 15 is 0 Å². The Morgan fingerprint density at radius 3 is 1.24 bits per heavy atom. The monoisotopic (exact) mass is 544 g/mol. The van der Waals surface area contributed by atoms with Crippen molar-refractivity contribution in [3.8, 4) is 22.3 Å². The van der Waals surface area contributed by atoms with E-state index in [0.29, 0.717) is 6.61 Å². The van der Waals surface area contributed by atoms with Crippen molar-refractivity contribution >= 4 is 0 Å². The Morgan fingerprint density at radius 2 is 0.833 bits per heavy atom. The van der Waals surface area contributed by atoms with Crippen molar-refractivity contribution in [3.05, 3.63) is 192 Å². The van der Waals surface area contributed by atoms with Gasteiger partial charge in [0.05, 0.1) is 6.61 Å². The van der Waals surface area contributed by atoms with Gasteiger partial charge in [-0.15, -0.1) is 0 Å². The van der Waals surface area contributed by atoms with Crippen LogP contribution in [0.15, 0.2) is 170 Å². The fourth-order valence-electron chi connectivity index (χ4n) is 5.95. The number of rotatable bonds is 9. The van der Waals surface area contributed by atoms with Crippen LogP contribution in [0.3, 0.4) is 0 Å². The maximum atomic E-state index is 7.07. The summed E-state index contributed by atoms with van der Waals surface area (Å²) in [4.78, 5) is 0.